The van der Waals surface area contributed by atoms with Crippen LogP contribution in [-0.2, 0) is 66.3 Å². The SMILES string of the molecule is COCCOCCOC1C[C@@H]2CC[C@@H](C)[C@@](O)(O2)C(=O)C(=O)N2CCCC[C@H]2C(=O)O[C@H]([C@H](C)C[C@@H]2CCC(O[Si](C)(C)C(C)(C)C)[C@H](OC)C2)CC(=O)[C@H](C)/C=C(\C)[C@@H](OC)[C@@H](OC)C(=O)[C@H](C)C[C@H](C)/C=C/C=CC=C1C. The lowest BCUT2D eigenvalue weighted by Gasteiger charge is -2.44. The molecule has 15 atom stereocenters. The number of ether oxygens (including phenoxy) is 8. The minimum atomic E-state index is -2.46. The third-order valence-electron chi connectivity index (χ3n) is 17.6. The Labute approximate surface area is 475 Å². The van der Waals surface area contributed by atoms with Gasteiger partial charge in [0.05, 0.1) is 50.8 Å². The number of hydrogen-bond acceptors (Lipinski definition) is 15. The maximum Gasteiger partial charge on any atom is 0.329 e. The predicted octanol–water partition coefficient (Wildman–Crippen LogP) is 9.90. The number of fused-ring (bicyclic) bond motifs is 3. The zero-order valence-electron chi connectivity index (χ0n) is 51.2. The molecule has 3 aliphatic heterocycles. The highest BCUT2D eigenvalue weighted by Gasteiger charge is 2.53. The lowest BCUT2D eigenvalue weighted by atomic mass is 9.78. The molecule has 1 N–H and O–H groups in total. The minimum Gasteiger partial charge on any atom is -0.460 e. The van der Waals surface area contributed by atoms with Gasteiger partial charge in [-0.25, -0.2) is 4.79 Å². The number of nitrogens with zero attached hydrogens (tertiary/aromatic N) is 1. The first kappa shape index (κ1) is 68.3. The van der Waals surface area contributed by atoms with Gasteiger partial charge in [-0.3, -0.25) is 19.2 Å². The van der Waals surface area contributed by atoms with E-state index in [1.807, 2.05) is 58.1 Å². The second kappa shape index (κ2) is 32.0. The van der Waals surface area contributed by atoms with E-state index in [2.05, 4.69) is 40.8 Å². The number of Topliss-reactive ketones (excluding diaryl/α,β-unsaturated/α-hetero) is 3. The van der Waals surface area contributed by atoms with Crippen molar-refractivity contribution in [1.82, 2.24) is 4.90 Å². The summed E-state index contributed by atoms with van der Waals surface area (Å²) in [4.78, 5) is 73.8. The monoisotopic (exact) mass is 1130 g/mol. The number of allylic oxidation sites excluding steroid dienone is 6. The van der Waals surface area contributed by atoms with Crippen LogP contribution in [0.25, 0.3) is 0 Å². The molecule has 0 aromatic rings. The molecule has 450 valence electrons. The number of hydrogen-bond donors (Lipinski definition) is 1. The highest BCUT2D eigenvalue weighted by molar-refractivity contribution is 6.74. The van der Waals surface area contributed by atoms with Crippen LogP contribution in [0.15, 0.2) is 47.6 Å². The van der Waals surface area contributed by atoms with Crippen LogP contribution >= 0.6 is 0 Å². The number of ketones is 3. The molecule has 1 saturated carbocycles. The van der Waals surface area contributed by atoms with Crippen LogP contribution in [0.4, 0.5) is 0 Å². The first-order chi connectivity index (χ1) is 37.2. The van der Waals surface area contributed by atoms with E-state index in [1.54, 1.807) is 34.1 Å². The van der Waals surface area contributed by atoms with Gasteiger partial charge in [-0.15, -0.1) is 0 Å². The van der Waals surface area contributed by atoms with Crippen molar-refractivity contribution in [3.63, 3.8) is 0 Å². The smallest absolute Gasteiger partial charge is 0.329 e. The third kappa shape index (κ3) is 19.4. The zero-order valence-corrected chi connectivity index (χ0v) is 52.2. The van der Waals surface area contributed by atoms with Crippen molar-refractivity contribution in [3.05, 3.63) is 47.6 Å². The highest BCUT2D eigenvalue weighted by Crippen LogP contribution is 2.42. The predicted molar refractivity (Wildman–Crippen MR) is 308 cm³/mol. The van der Waals surface area contributed by atoms with Gasteiger partial charge in [0.1, 0.15) is 30.1 Å². The molecule has 0 radical (unpaired) electrons. The number of cyclic esters (lactones) is 1. The van der Waals surface area contributed by atoms with Crippen LogP contribution in [0.2, 0.25) is 18.1 Å². The van der Waals surface area contributed by atoms with Crippen molar-refractivity contribution in [3.8, 4) is 0 Å². The van der Waals surface area contributed by atoms with Crippen LogP contribution in [0.5, 0.6) is 0 Å². The number of aliphatic hydroxyl groups is 1. The summed E-state index contributed by atoms with van der Waals surface area (Å²) in [6, 6.07) is -1.14. The van der Waals surface area contributed by atoms with Gasteiger partial charge in [-0.1, -0.05) is 91.8 Å². The van der Waals surface area contributed by atoms with Crippen LogP contribution in [0.1, 0.15) is 146 Å². The maximum absolute atomic E-state index is 14.8. The molecule has 1 aliphatic carbocycles. The number of rotatable bonds is 15. The summed E-state index contributed by atoms with van der Waals surface area (Å²) >= 11 is 0. The number of carbonyl (C=O) groups is 5. The van der Waals surface area contributed by atoms with E-state index in [-0.39, 0.29) is 84.9 Å². The van der Waals surface area contributed by atoms with E-state index in [0.29, 0.717) is 63.9 Å². The van der Waals surface area contributed by atoms with Crippen LogP contribution in [-0.4, -0.2) is 164 Å². The molecule has 0 aromatic heterocycles. The molecule has 2 saturated heterocycles. The van der Waals surface area contributed by atoms with Crippen LogP contribution in [0, 0.1) is 35.5 Å². The number of carbonyl (C=O) groups excluding carboxylic acids is 5. The summed E-state index contributed by atoms with van der Waals surface area (Å²) in [5.74, 6) is -7.48. The second-order valence-corrected chi connectivity index (χ2v) is 29.6. The summed E-state index contributed by atoms with van der Waals surface area (Å²) in [6.07, 6.45) is 13.6. The summed E-state index contributed by atoms with van der Waals surface area (Å²) in [5.41, 5.74) is 1.52. The highest BCUT2D eigenvalue weighted by atomic mass is 28.4. The average Bonchev–Trinajstić information content (AvgIpc) is 3.43. The van der Waals surface area contributed by atoms with Crippen molar-refractivity contribution in [2.75, 3.05) is 61.4 Å². The Hall–Kier alpha value is -3.23. The van der Waals surface area contributed by atoms with E-state index in [4.69, 9.17) is 42.3 Å². The van der Waals surface area contributed by atoms with Gasteiger partial charge in [0.25, 0.3) is 11.7 Å². The minimum absolute atomic E-state index is 0.0318. The van der Waals surface area contributed by atoms with Crippen molar-refractivity contribution in [1.29, 1.82) is 0 Å². The molecule has 17 heteroatoms. The Morgan fingerprint density at radius 1 is 0.797 bits per heavy atom. The fourth-order valence-electron chi connectivity index (χ4n) is 11.5. The van der Waals surface area contributed by atoms with Gasteiger partial charge in [-0.2, -0.15) is 0 Å². The summed E-state index contributed by atoms with van der Waals surface area (Å²) in [6.45, 7) is 25.9. The van der Waals surface area contributed by atoms with Gasteiger partial charge >= 0.3 is 5.97 Å². The van der Waals surface area contributed by atoms with E-state index in [1.165, 1.54) is 19.1 Å². The van der Waals surface area contributed by atoms with E-state index in [0.717, 1.165) is 24.8 Å². The number of amides is 1. The van der Waals surface area contributed by atoms with Gasteiger partial charge in [0, 0.05) is 65.6 Å². The quantitative estimate of drug-likeness (QED) is 0.0535. The first-order valence-electron chi connectivity index (χ1n) is 29.4. The molecule has 16 nitrogen and oxygen atoms in total. The molecular weight excluding hydrogens is 1030 g/mol. The van der Waals surface area contributed by atoms with Crippen molar-refractivity contribution in [2.45, 2.75) is 219 Å². The fourth-order valence-corrected chi connectivity index (χ4v) is 12.9. The summed E-state index contributed by atoms with van der Waals surface area (Å²) < 4.78 is 54.8. The average molecular weight is 1130 g/mol. The normalized spacial score (nSPS) is 34.8. The first-order valence-corrected chi connectivity index (χ1v) is 32.3. The second-order valence-electron chi connectivity index (χ2n) is 24.9. The molecule has 4 rings (SSSR count). The summed E-state index contributed by atoms with van der Waals surface area (Å²) in [5, 5.41) is 12.3. The summed E-state index contributed by atoms with van der Waals surface area (Å²) in [7, 11) is 4.25. The molecule has 3 fully saturated rings. The molecule has 79 heavy (non-hydrogen) atoms. The Balaban J connectivity index is 1.73. The number of methoxy groups -OCH3 is 4. The Morgan fingerprint density at radius 2 is 1.49 bits per heavy atom. The molecule has 2 unspecified atom stereocenters. The van der Waals surface area contributed by atoms with Crippen LogP contribution < -0.4 is 0 Å². The van der Waals surface area contributed by atoms with E-state index < -0.39 is 80.2 Å². The standard InChI is InChI=1S/C62H103NO15Si/c1-40-22-18-17-19-23-41(2)52(75-33-32-74-31-30-70-11)38-48-27-25-46(7)62(69,77-48)58(66)59(67)63-29-21-20-24-49(63)60(68)76-53(39-50(64)42(3)35-45(6)56(72-13)57(73-14)55(65)44(5)34-40)43(4)36-47-26-28-51(54(37-47)71-12)78-79(15,16)61(8,9)10/h17-19,22-23,35,40,42-44,46-49,51-54,56-57,69H,20-21,24-34,36-39H2,1-16H3/b19-17?,22-18+,41-23?,45-35+/t40-,42-,43-,44-,46-,47+,48+,49+,51?,52?,53+,54-,56-,57+,62-/m1/s1. The van der Waals surface area contributed by atoms with Gasteiger partial charge < -0.3 is 52.3 Å². The topological polar surface area (TPSA) is 192 Å². The maximum atomic E-state index is 14.8. The fraction of sp³-hybridized carbons (Fsp3) is 0.790. The van der Waals surface area contributed by atoms with Gasteiger partial charge in [-0.05, 0) is 125 Å². The number of piperidine rings is 1. The molecule has 2 bridgehead atoms. The van der Waals surface area contributed by atoms with Gasteiger partial charge in [0.15, 0.2) is 14.1 Å². The largest absolute Gasteiger partial charge is 0.460 e. The van der Waals surface area contributed by atoms with E-state index in [9.17, 15) is 29.1 Å². The van der Waals surface area contributed by atoms with Crippen molar-refractivity contribution < 1.29 is 71.4 Å². The Bertz CT molecular complexity index is 2100. The van der Waals surface area contributed by atoms with Gasteiger partial charge in [0.2, 0.25) is 5.79 Å². The van der Waals surface area contributed by atoms with Crippen molar-refractivity contribution >= 4 is 37.5 Å². The van der Waals surface area contributed by atoms with Crippen molar-refractivity contribution in [2.24, 2.45) is 35.5 Å². The van der Waals surface area contributed by atoms with E-state index >= 15 is 0 Å². The molecular formula is C62H103NO15Si. The Morgan fingerprint density at radius 3 is 2.15 bits per heavy atom. The zero-order chi connectivity index (χ0) is 58.8. The Kier molecular flexibility index (Phi) is 27.6. The molecule has 3 heterocycles. The molecule has 4 aliphatic rings. The molecule has 0 aromatic carbocycles. The lowest BCUT2D eigenvalue weighted by Crippen LogP contribution is -2.61. The number of esters is 1. The molecule has 0 spiro atoms. The lowest BCUT2D eigenvalue weighted by molar-refractivity contribution is -0.266. The van der Waals surface area contributed by atoms with Crippen LogP contribution in [0.3, 0.4) is 0 Å². The third-order valence-corrected chi connectivity index (χ3v) is 22.1. The molecule has 1 amide bonds.